The number of esters is 1. The smallest absolute Gasteiger partial charge is 0.337 e. The highest BCUT2D eigenvalue weighted by Crippen LogP contribution is 2.37. The van der Waals surface area contributed by atoms with E-state index in [9.17, 15) is 17.6 Å². The van der Waals surface area contributed by atoms with Crippen LogP contribution in [-0.4, -0.2) is 27.5 Å². The molecule has 0 fully saturated rings. The van der Waals surface area contributed by atoms with Gasteiger partial charge in [-0.2, -0.15) is 0 Å². The topological polar surface area (TPSA) is 63.7 Å². The van der Waals surface area contributed by atoms with Crippen LogP contribution >= 0.6 is 0 Å². The summed E-state index contributed by atoms with van der Waals surface area (Å²) in [7, 11) is -2.97. The Morgan fingerprint density at radius 2 is 1.96 bits per heavy atom. The predicted octanol–water partition coefficient (Wildman–Crippen LogP) is 2.75. The van der Waals surface area contributed by atoms with E-state index in [-0.39, 0.29) is 11.6 Å². The van der Waals surface area contributed by atoms with Crippen LogP contribution < -0.4 is 4.31 Å². The Balaban J connectivity index is 2.14. The number of carbonyl (C=O) groups excluding carboxylic acids is 1. The standard InChI is InChI=1S/C17H16FNO4S/c1-11-9-12-5-3-4-6-15(12)19(11)24(21,22)16-10-13(17(20)23-2)7-8-14(16)18/h3-8,10-11H,9H2,1-2H3. The Hall–Kier alpha value is -2.41. The average Bonchev–Trinajstić information content (AvgIpc) is 2.90. The highest BCUT2D eigenvalue weighted by molar-refractivity contribution is 7.92. The zero-order chi connectivity index (χ0) is 17.5. The summed E-state index contributed by atoms with van der Waals surface area (Å²) in [5, 5.41) is 0. The van der Waals surface area contributed by atoms with Crippen molar-refractivity contribution in [2.45, 2.75) is 24.3 Å². The van der Waals surface area contributed by atoms with Crippen LogP contribution in [-0.2, 0) is 21.2 Å². The van der Waals surface area contributed by atoms with Gasteiger partial charge < -0.3 is 4.74 Å². The fraction of sp³-hybridized carbons (Fsp3) is 0.235. The highest BCUT2D eigenvalue weighted by Gasteiger charge is 2.37. The van der Waals surface area contributed by atoms with E-state index in [1.54, 1.807) is 19.1 Å². The lowest BCUT2D eigenvalue weighted by Crippen LogP contribution is -2.36. The number of hydrogen-bond acceptors (Lipinski definition) is 4. The van der Waals surface area contributed by atoms with Gasteiger partial charge in [0.15, 0.2) is 0 Å². The molecule has 0 N–H and O–H groups in total. The monoisotopic (exact) mass is 349 g/mol. The van der Waals surface area contributed by atoms with E-state index in [0.717, 1.165) is 17.7 Å². The van der Waals surface area contributed by atoms with Crippen molar-refractivity contribution in [3.63, 3.8) is 0 Å². The molecular formula is C17H16FNO4S. The molecule has 2 aromatic rings. The summed E-state index contributed by atoms with van der Waals surface area (Å²) in [4.78, 5) is 11.1. The van der Waals surface area contributed by atoms with Crippen LogP contribution in [0.2, 0.25) is 0 Å². The normalized spacial score (nSPS) is 16.8. The third-order valence-electron chi connectivity index (χ3n) is 4.03. The van der Waals surface area contributed by atoms with Crippen LogP contribution in [0, 0.1) is 5.82 Å². The van der Waals surface area contributed by atoms with E-state index >= 15 is 0 Å². The molecule has 24 heavy (non-hydrogen) atoms. The Bertz CT molecular complexity index is 911. The molecule has 0 bridgehead atoms. The second-order valence-corrected chi connectivity index (χ2v) is 7.40. The minimum Gasteiger partial charge on any atom is -0.465 e. The van der Waals surface area contributed by atoms with Crippen molar-refractivity contribution in [2.75, 3.05) is 11.4 Å². The lowest BCUT2D eigenvalue weighted by Gasteiger charge is -2.24. The maximum Gasteiger partial charge on any atom is 0.337 e. The van der Waals surface area contributed by atoms with Gasteiger partial charge in [0.05, 0.1) is 18.4 Å². The van der Waals surface area contributed by atoms with Crippen LogP contribution in [0.15, 0.2) is 47.4 Å². The number of hydrogen-bond donors (Lipinski definition) is 0. The molecule has 1 unspecified atom stereocenters. The summed E-state index contributed by atoms with van der Waals surface area (Å²) in [5.41, 5.74) is 1.41. The molecule has 0 spiro atoms. The fourth-order valence-electron chi connectivity index (χ4n) is 2.96. The van der Waals surface area contributed by atoms with E-state index in [1.165, 1.54) is 17.5 Å². The van der Waals surface area contributed by atoms with Crippen LogP contribution in [0.3, 0.4) is 0 Å². The molecule has 0 saturated carbocycles. The summed E-state index contributed by atoms with van der Waals surface area (Å²) in [6.07, 6.45) is 0.549. The van der Waals surface area contributed by atoms with Gasteiger partial charge in [0.1, 0.15) is 10.7 Å². The average molecular weight is 349 g/mol. The van der Waals surface area contributed by atoms with Crippen LogP contribution in [0.5, 0.6) is 0 Å². The number of ether oxygens (including phenoxy) is 1. The van der Waals surface area contributed by atoms with Gasteiger partial charge in [0.25, 0.3) is 10.0 Å². The largest absolute Gasteiger partial charge is 0.465 e. The molecule has 1 atom stereocenters. The molecule has 1 heterocycles. The Kier molecular flexibility index (Phi) is 4.04. The molecule has 126 valence electrons. The summed E-state index contributed by atoms with van der Waals surface area (Å²) < 4.78 is 46.1. The number of halogens is 1. The number of benzene rings is 2. The number of rotatable bonds is 3. The fourth-order valence-corrected chi connectivity index (χ4v) is 4.74. The van der Waals surface area contributed by atoms with Gasteiger partial charge in [0, 0.05) is 6.04 Å². The minimum absolute atomic E-state index is 0.0161. The van der Waals surface area contributed by atoms with Gasteiger partial charge in [-0.1, -0.05) is 18.2 Å². The molecule has 0 aromatic heterocycles. The molecule has 0 saturated heterocycles. The third-order valence-corrected chi connectivity index (χ3v) is 5.98. The Labute approximate surface area is 139 Å². The van der Waals surface area contributed by atoms with Crippen LogP contribution in [0.4, 0.5) is 10.1 Å². The number of nitrogens with zero attached hydrogens (tertiary/aromatic N) is 1. The summed E-state index contributed by atoms with van der Waals surface area (Å²) in [6.45, 7) is 1.76. The number of para-hydroxylation sites is 1. The van der Waals surface area contributed by atoms with Crippen LogP contribution in [0.1, 0.15) is 22.8 Å². The van der Waals surface area contributed by atoms with Gasteiger partial charge in [-0.3, -0.25) is 4.31 Å². The number of sulfonamides is 1. The van der Waals surface area contributed by atoms with Crippen LogP contribution in [0.25, 0.3) is 0 Å². The van der Waals surface area contributed by atoms with Crippen molar-refractivity contribution < 1.29 is 22.3 Å². The molecule has 1 aliphatic rings. The summed E-state index contributed by atoms with van der Waals surface area (Å²) in [5.74, 6) is -1.62. The molecule has 0 radical (unpaired) electrons. The van der Waals surface area contributed by atoms with E-state index < -0.39 is 26.7 Å². The van der Waals surface area contributed by atoms with Gasteiger partial charge in [-0.25, -0.2) is 17.6 Å². The van der Waals surface area contributed by atoms with E-state index in [1.807, 2.05) is 12.1 Å². The second kappa shape index (κ2) is 5.90. The van der Waals surface area contributed by atoms with Gasteiger partial charge >= 0.3 is 5.97 Å². The highest BCUT2D eigenvalue weighted by atomic mass is 32.2. The first kappa shape index (κ1) is 16.4. The van der Waals surface area contributed by atoms with E-state index in [0.29, 0.717) is 12.1 Å². The molecule has 5 nitrogen and oxygen atoms in total. The molecular weight excluding hydrogens is 333 g/mol. The minimum atomic E-state index is -4.15. The quantitative estimate of drug-likeness (QED) is 0.800. The molecule has 2 aromatic carbocycles. The van der Waals surface area contributed by atoms with Crippen molar-refractivity contribution in [1.29, 1.82) is 0 Å². The zero-order valence-corrected chi connectivity index (χ0v) is 14.0. The SMILES string of the molecule is COC(=O)c1ccc(F)c(S(=O)(=O)N2c3ccccc3CC2C)c1. The van der Waals surface area contributed by atoms with Crippen molar-refractivity contribution in [2.24, 2.45) is 0 Å². The second-order valence-electron chi connectivity index (χ2n) is 5.62. The number of methoxy groups -OCH3 is 1. The van der Waals surface area contributed by atoms with E-state index in [4.69, 9.17) is 0 Å². The molecule has 7 heteroatoms. The van der Waals surface area contributed by atoms with Gasteiger partial charge in [0.2, 0.25) is 0 Å². The number of fused-ring (bicyclic) bond motifs is 1. The zero-order valence-electron chi connectivity index (χ0n) is 13.2. The lowest BCUT2D eigenvalue weighted by atomic mass is 10.1. The Morgan fingerprint density at radius 1 is 1.25 bits per heavy atom. The lowest BCUT2D eigenvalue weighted by molar-refractivity contribution is 0.0600. The van der Waals surface area contributed by atoms with Gasteiger partial charge in [-0.05, 0) is 43.2 Å². The third kappa shape index (κ3) is 2.54. The van der Waals surface area contributed by atoms with Crippen molar-refractivity contribution in [3.8, 4) is 0 Å². The Morgan fingerprint density at radius 3 is 2.67 bits per heavy atom. The predicted molar refractivity (Wildman–Crippen MR) is 87.0 cm³/mol. The molecule has 0 amide bonds. The first-order valence-corrected chi connectivity index (χ1v) is 8.80. The first-order valence-electron chi connectivity index (χ1n) is 7.36. The van der Waals surface area contributed by atoms with Crippen molar-refractivity contribution >= 4 is 21.7 Å². The summed E-state index contributed by atoms with van der Waals surface area (Å²) in [6, 6.07) is 9.95. The van der Waals surface area contributed by atoms with Crippen molar-refractivity contribution in [3.05, 3.63) is 59.4 Å². The van der Waals surface area contributed by atoms with Gasteiger partial charge in [-0.15, -0.1) is 0 Å². The maximum atomic E-state index is 14.2. The van der Waals surface area contributed by atoms with E-state index in [2.05, 4.69) is 4.74 Å². The van der Waals surface area contributed by atoms with Crippen molar-refractivity contribution in [1.82, 2.24) is 0 Å². The summed E-state index contributed by atoms with van der Waals surface area (Å²) >= 11 is 0. The molecule has 1 aliphatic heterocycles. The first-order chi connectivity index (χ1) is 11.4. The maximum absolute atomic E-state index is 14.2. The number of anilines is 1. The number of carbonyl (C=O) groups is 1. The molecule has 3 rings (SSSR count). The molecule has 0 aliphatic carbocycles.